The number of benzene rings is 2. The van der Waals surface area contributed by atoms with Gasteiger partial charge in [0.05, 0.1) is 22.7 Å². The van der Waals surface area contributed by atoms with Crippen LogP contribution in [0.15, 0.2) is 36.4 Å². The van der Waals surface area contributed by atoms with Crippen molar-refractivity contribution in [1.29, 1.82) is 5.26 Å². The van der Waals surface area contributed by atoms with Crippen molar-refractivity contribution < 1.29 is 14.3 Å². The Kier molecular flexibility index (Phi) is 6.52. The number of aromatic nitrogens is 2. The maximum absolute atomic E-state index is 11.9. The van der Waals surface area contributed by atoms with E-state index in [2.05, 4.69) is 21.4 Å². The number of amides is 1. The smallest absolute Gasteiger partial charge is 0.258 e. The zero-order valence-electron chi connectivity index (χ0n) is 18.3. The molecule has 2 aromatic carbocycles. The molecule has 1 aliphatic rings. The number of imidazole rings is 1. The van der Waals surface area contributed by atoms with E-state index in [0.29, 0.717) is 23.7 Å². The van der Waals surface area contributed by atoms with E-state index < -0.39 is 0 Å². The van der Waals surface area contributed by atoms with Crippen LogP contribution in [0.1, 0.15) is 35.4 Å². The summed E-state index contributed by atoms with van der Waals surface area (Å²) in [5, 5.41) is 12.5. The third-order valence-corrected chi connectivity index (χ3v) is 5.58. The van der Waals surface area contributed by atoms with Crippen LogP contribution in [0, 0.1) is 25.2 Å². The van der Waals surface area contributed by atoms with Gasteiger partial charge in [0.2, 0.25) is 0 Å². The number of hydrogen-bond acceptors (Lipinski definition) is 5. The summed E-state index contributed by atoms with van der Waals surface area (Å²) in [6.45, 7) is 5.32. The van der Waals surface area contributed by atoms with Crippen LogP contribution < -0.4 is 10.1 Å². The summed E-state index contributed by atoms with van der Waals surface area (Å²) in [6.07, 6.45) is 3.91. The minimum absolute atomic E-state index is 0.0524. The quantitative estimate of drug-likeness (QED) is 0.554. The summed E-state index contributed by atoms with van der Waals surface area (Å²) in [4.78, 5) is 19.8. The molecule has 7 heteroatoms. The Labute approximate surface area is 187 Å². The Morgan fingerprint density at radius 3 is 2.81 bits per heavy atom. The molecule has 0 aliphatic carbocycles. The number of aromatic amines is 1. The fraction of sp³-hybridized carbons (Fsp3) is 0.320. The molecule has 4 rings (SSSR count). The van der Waals surface area contributed by atoms with Gasteiger partial charge < -0.3 is 19.8 Å². The van der Waals surface area contributed by atoms with Crippen molar-refractivity contribution in [2.24, 2.45) is 0 Å². The molecule has 164 valence electrons. The van der Waals surface area contributed by atoms with E-state index in [1.165, 1.54) is 5.56 Å². The summed E-state index contributed by atoms with van der Waals surface area (Å²) in [7, 11) is 0. The van der Waals surface area contributed by atoms with Gasteiger partial charge in [0.15, 0.2) is 6.61 Å². The van der Waals surface area contributed by atoms with E-state index in [4.69, 9.17) is 9.47 Å². The predicted molar refractivity (Wildman–Crippen MR) is 123 cm³/mol. The lowest BCUT2D eigenvalue weighted by molar-refractivity contribution is -0.123. The van der Waals surface area contributed by atoms with Crippen LogP contribution >= 0.6 is 0 Å². The van der Waals surface area contributed by atoms with E-state index in [1.807, 2.05) is 38.1 Å². The molecule has 3 aromatic rings. The third kappa shape index (κ3) is 5.16. The number of carbonyl (C=O) groups excluding carboxylic acids is 1. The average Bonchev–Trinajstić information content (AvgIpc) is 3.45. The van der Waals surface area contributed by atoms with Crippen molar-refractivity contribution in [2.75, 3.05) is 19.8 Å². The van der Waals surface area contributed by atoms with Crippen LogP contribution in [-0.4, -0.2) is 41.7 Å². The van der Waals surface area contributed by atoms with E-state index in [0.717, 1.165) is 41.6 Å². The number of fused-ring (bicyclic) bond motifs is 1. The van der Waals surface area contributed by atoms with E-state index in [9.17, 15) is 10.1 Å². The van der Waals surface area contributed by atoms with E-state index in [1.54, 1.807) is 18.2 Å². The summed E-state index contributed by atoms with van der Waals surface area (Å²) in [6, 6.07) is 13.5. The molecule has 0 unspecified atom stereocenters. The van der Waals surface area contributed by atoms with Gasteiger partial charge in [0.25, 0.3) is 5.91 Å². The second kappa shape index (κ2) is 9.67. The van der Waals surface area contributed by atoms with Crippen molar-refractivity contribution in [3.05, 3.63) is 58.9 Å². The molecule has 1 aliphatic heterocycles. The fourth-order valence-corrected chi connectivity index (χ4v) is 3.61. The molecular formula is C25H26N4O3. The van der Waals surface area contributed by atoms with Crippen molar-refractivity contribution in [3.8, 4) is 11.8 Å². The lowest BCUT2D eigenvalue weighted by Crippen LogP contribution is -2.35. The van der Waals surface area contributed by atoms with Gasteiger partial charge in [-0.1, -0.05) is 12.1 Å². The minimum atomic E-state index is -0.174. The Bertz CT molecular complexity index is 1140. The number of H-pyrrole nitrogens is 1. The number of allylic oxidation sites excluding steroid dienone is 1. The SMILES string of the molecule is Cc1cc2nc(/C(C#N)=C/c3ccc(OCC(=O)NC[C@@H]4CCCO4)cc3)[nH]c2cc1C. The molecular weight excluding hydrogens is 404 g/mol. The molecule has 1 amide bonds. The minimum Gasteiger partial charge on any atom is -0.484 e. The van der Waals surface area contributed by atoms with Gasteiger partial charge in [-0.15, -0.1) is 0 Å². The standard InChI is InChI=1S/C25H26N4O3/c1-16-10-22-23(11-17(16)2)29-25(28-22)19(13-26)12-18-5-7-20(8-6-18)32-15-24(30)27-14-21-4-3-9-31-21/h5-8,10-12,21H,3-4,9,14-15H2,1-2H3,(H,27,30)(H,28,29)/b19-12+/t21-/m0/s1. The van der Waals surface area contributed by atoms with Gasteiger partial charge in [-0.05, 0) is 73.7 Å². The number of aryl methyl sites for hydroxylation is 2. The van der Waals surface area contributed by atoms with Crippen LogP contribution in [-0.2, 0) is 9.53 Å². The second-order valence-corrected chi connectivity index (χ2v) is 8.01. The molecule has 1 atom stereocenters. The van der Waals surface area contributed by atoms with E-state index in [-0.39, 0.29) is 18.6 Å². The molecule has 0 spiro atoms. The topological polar surface area (TPSA) is 100 Å². The number of nitriles is 1. The van der Waals surface area contributed by atoms with Crippen LogP contribution in [0.2, 0.25) is 0 Å². The molecule has 0 saturated carbocycles. The van der Waals surface area contributed by atoms with Crippen molar-refractivity contribution >= 4 is 28.6 Å². The average molecular weight is 431 g/mol. The van der Waals surface area contributed by atoms with Gasteiger partial charge >= 0.3 is 0 Å². The molecule has 1 fully saturated rings. The zero-order chi connectivity index (χ0) is 22.5. The predicted octanol–water partition coefficient (Wildman–Crippen LogP) is 3.92. The molecule has 7 nitrogen and oxygen atoms in total. The van der Waals surface area contributed by atoms with Crippen LogP contribution in [0.3, 0.4) is 0 Å². The highest BCUT2D eigenvalue weighted by Gasteiger charge is 2.16. The summed E-state index contributed by atoms with van der Waals surface area (Å²) in [5.74, 6) is 0.949. The van der Waals surface area contributed by atoms with Crippen molar-refractivity contribution in [1.82, 2.24) is 15.3 Å². The largest absolute Gasteiger partial charge is 0.484 e. The maximum atomic E-state index is 11.9. The number of hydrogen-bond donors (Lipinski definition) is 2. The van der Waals surface area contributed by atoms with Crippen LogP contribution in [0.5, 0.6) is 5.75 Å². The van der Waals surface area contributed by atoms with Gasteiger partial charge in [0.1, 0.15) is 17.6 Å². The zero-order valence-corrected chi connectivity index (χ0v) is 18.3. The molecule has 2 heterocycles. The van der Waals surface area contributed by atoms with Crippen molar-refractivity contribution in [2.45, 2.75) is 32.8 Å². The van der Waals surface area contributed by atoms with Gasteiger partial charge in [-0.25, -0.2) is 4.98 Å². The molecule has 32 heavy (non-hydrogen) atoms. The Morgan fingerprint density at radius 2 is 2.09 bits per heavy atom. The van der Waals surface area contributed by atoms with Crippen molar-refractivity contribution in [3.63, 3.8) is 0 Å². The maximum Gasteiger partial charge on any atom is 0.258 e. The van der Waals surface area contributed by atoms with Crippen LogP contribution in [0.25, 0.3) is 22.7 Å². The fourth-order valence-electron chi connectivity index (χ4n) is 3.61. The number of nitrogens with zero attached hydrogens (tertiary/aromatic N) is 2. The Balaban J connectivity index is 1.38. The monoisotopic (exact) mass is 430 g/mol. The first-order valence-corrected chi connectivity index (χ1v) is 10.7. The molecule has 2 N–H and O–H groups in total. The van der Waals surface area contributed by atoms with Gasteiger partial charge in [-0.2, -0.15) is 5.26 Å². The first kappa shape index (κ1) is 21.6. The van der Waals surface area contributed by atoms with Gasteiger partial charge in [0, 0.05) is 13.2 Å². The molecule has 0 bridgehead atoms. The third-order valence-electron chi connectivity index (χ3n) is 5.58. The lowest BCUT2D eigenvalue weighted by atomic mass is 10.1. The Morgan fingerprint density at radius 1 is 1.31 bits per heavy atom. The summed E-state index contributed by atoms with van der Waals surface area (Å²) < 4.78 is 11.0. The molecule has 1 aromatic heterocycles. The van der Waals surface area contributed by atoms with E-state index >= 15 is 0 Å². The number of rotatable bonds is 7. The normalized spacial score (nSPS) is 16.2. The van der Waals surface area contributed by atoms with Gasteiger partial charge in [-0.3, -0.25) is 4.79 Å². The number of carbonyl (C=O) groups is 1. The molecule has 1 saturated heterocycles. The summed E-state index contributed by atoms with van der Waals surface area (Å²) in [5.41, 5.74) is 5.36. The highest BCUT2D eigenvalue weighted by atomic mass is 16.5. The lowest BCUT2D eigenvalue weighted by Gasteiger charge is -2.11. The number of nitrogens with one attached hydrogen (secondary N) is 2. The van der Waals surface area contributed by atoms with Crippen LogP contribution in [0.4, 0.5) is 0 Å². The highest BCUT2D eigenvalue weighted by Crippen LogP contribution is 2.23. The highest BCUT2D eigenvalue weighted by molar-refractivity contribution is 5.90. The second-order valence-electron chi connectivity index (χ2n) is 8.01. The molecule has 0 radical (unpaired) electrons. The Hall–Kier alpha value is -3.63. The number of ether oxygens (including phenoxy) is 2. The summed E-state index contributed by atoms with van der Waals surface area (Å²) >= 11 is 0. The first-order valence-electron chi connectivity index (χ1n) is 10.7. The first-order chi connectivity index (χ1) is 15.5.